The summed E-state index contributed by atoms with van der Waals surface area (Å²) in [5.74, 6) is 1.16. The number of aromatic nitrogens is 1. The van der Waals surface area contributed by atoms with Crippen molar-refractivity contribution in [1.82, 2.24) is 4.98 Å². The second-order valence-electron chi connectivity index (χ2n) is 3.85. The average Bonchev–Trinajstić information content (AvgIpc) is 2.40. The Kier molecular flexibility index (Phi) is 4.23. The fraction of sp³-hybridized carbons (Fsp3) is 0.214. The molecule has 2 rings (SSSR count). The number of pyridine rings is 1. The standard InChI is InChI=1S/C14H15NO2S/c1-10(16)13-4-3-9-15-14(13)17-11-5-7-12(18-2)8-6-11/h3-10,16H,1-2H3/t10-/m1/s1. The van der Waals surface area contributed by atoms with Gasteiger partial charge in [-0.3, -0.25) is 0 Å². The van der Waals surface area contributed by atoms with Crippen molar-refractivity contribution in [2.45, 2.75) is 17.9 Å². The van der Waals surface area contributed by atoms with E-state index in [0.29, 0.717) is 17.2 Å². The van der Waals surface area contributed by atoms with Crippen molar-refractivity contribution in [2.75, 3.05) is 6.26 Å². The number of ether oxygens (including phenoxy) is 1. The number of rotatable bonds is 4. The van der Waals surface area contributed by atoms with Gasteiger partial charge >= 0.3 is 0 Å². The van der Waals surface area contributed by atoms with Gasteiger partial charge in [0.05, 0.1) is 6.10 Å². The number of benzene rings is 1. The fourth-order valence-corrected chi connectivity index (χ4v) is 1.97. The van der Waals surface area contributed by atoms with Crippen molar-refractivity contribution in [2.24, 2.45) is 0 Å². The molecule has 1 heterocycles. The van der Waals surface area contributed by atoms with Gasteiger partial charge in [-0.1, -0.05) is 0 Å². The molecule has 0 amide bonds. The lowest BCUT2D eigenvalue weighted by molar-refractivity contribution is 0.194. The van der Waals surface area contributed by atoms with Crippen LogP contribution in [0.1, 0.15) is 18.6 Å². The molecular formula is C14H15NO2S. The Bertz CT molecular complexity index is 511. The molecule has 0 spiro atoms. The highest BCUT2D eigenvalue weighted by Gasteiger charge is 2.10. The van der Waals surface area contributed by atoms with Crippen molar-refractivity contribution >= 4 is 11.8 Å². The summed E-state index contributed by atoms with van der Waals surface area (Å²) >= 11 is 1.68. The van der Waals surface area contributed by atoms with E-state index < -0.39 is 6.10 Å². The first kappa shape index (κ1) is 12.9. The monoisotopic (exact) mass is 261 g/mol. The van der Waals surface area contributed by atoms with Gasteiger partial charge in [0.1, 0.15) is 5.75 Å². The molecule has 0 radical (unpaired) electrons. The lowest BCUT2D eigenvalue weighted by Crippen LogP contribution is -1.97. The van der Waals surface area contributed by atoms with Crippen LogP contribution in [0.2, 0.25) is 0 Å². The minimum atomic E-state index is -0.598. The molecule has 1 N–H and O–H groups in total. The molecule has 1 aromatic carbocycles. The van der Waals surface area contributed by atoms with Crippen LogP contribution in [0.25, 0.3) is 0 Å². The van der Waals surface area contributed by atoms with Crippen molar-refractivity contribution in [3.05, 3.63) is 48.2 Å². The predicted molar refractivity (Wildman–Crippen MR) is 73.2 cm³/mol. The van der Waals surface area contributed by atoms with Crippen LogP contribution in [0.4, 0.5) is 0 Å². The van der Waals surface area contributed by atoms with Crippen LogP contribution < -0.4 is 4.74 Å². The minimum Gasteiger partial charge on any atom is -0.439 e. The number of thioether (sulfide) groups is 1. The molecule has 0 unspecified atom stereocenters. The maximum absolute atomic E-state index is 9.64. The smallest absolute Gasteiger partial charge is 0.225 e. The number of hydrogen-bond acceptors (Lipinski definition) is 4. The van der Waals surface area contributed by atoms with Gasteiger partial charge in [0.2, 0.25) is 5.88 Å². The summed E-state index contributed by atoms with van der Waals surface area (Å²) in [6, 6.07) is 11.4. The Morgan fingerprint density at radius 2 is 1.94 bits per heavy atom. The molecular weight excluding hydrogens is 246 g/mol. The Morgan fingerprint density at radius 1 is 1.22 bits per heavy atom. The summed E-state index contributed by atoms with van der Waals surface area (Å²) in [4.78, 5) is 5.33. The van der Waals surface area contributed by atoms with Gasteiger partial charge in [0.25, 0.3) is 0 Å². The van der Waals surface area contributed by atoms with E-state index >= 15 is 0 Å². The van der Waals surface area contributed by atoms with Crippen LogP contribution in [-0.4, -0.2) is 16.3 Å². The molecule has 2 aromatic rings. The van der Waals surface area contributed by atoms with Gasteiger partial charge in [-0.2, -0.15) is 0 Å². The molecule has 0 saturated heterocycles. The van der Waals surface area contributed by atoms with Crippen LogP contribution in [0.5, 0.6) is 11.6 Å². The van der Waals surface area contributed by atoms with E-state index in [1.807, 2.05) is 36.6 Å². The van der Waals surface area contributed by atoms with Crippen molar-refractivity contribution < 1.29 is 9.84 Å². The third-order valence-corrected chi connectivity index (χ3v) is 3.27. The maximum atomic E-state index is 9.64. The molecule has 4 heteroatoms. The molecule has 1 aromatic heterocycles. The van der Waals surface area contributed by atoms with Crippen molar-refractivity contribution in [3.8, 4) is 11.6 Å². The molecule has 3 nitrogen and oxygen atoms in total. The molecule has 94 valence electrons. The van der Waals surface area contributed by atoms with Gasteiger partial charge in [-0.05, 0) is 49.6 Å². The average molecular weight is 261 g/mol. The first-order chi connectivity index (χ1) is 8.70. The Morgan fingerprint density at radius 3 is 2.56 bits per heavy atom. The van der Waals surface area contributed by atoms with Crippen LogP contribution >= 0.6 is 11.8 Å². The first-order valence-corrected chi connectivity index (χ1v) is 6.88. The van der Waals surface area contributed by atoms with E-state index in [4.69, 9.17) is 4.74 Å². The normalized spacial score (nSPS) is 12.2. The highest BCUT2D eigenvalue weighted by Crippen LogP contribution is 2.28. The van der Waals surface area contributed by atoms with E-state index in [9.17, 15) is 5.11 Å². The summed E-state index contributed by atoms with van der Waals surface area (Å²) < 4.78 is 5.69. The van der Waals surface area contributed by atoms with Crippen molar-refractivity contribution in [3.63, 3.8) is 0 Å². The van der Waals surface area contributed by atoms with Crippen LogP contribution in [-0.2, 0) is 0 Å². The molecule has 0 aliphatic carbocycles. The van der Waals surface area contributed by atoms with Gasteiger partial charge in [0, 0.05) is 16.7 Å². The highest BCUT2D eigenvalue weighted by molar-refractivity contribution is 7.98. The Labute approximate surface area is 111 Å². The highest BCUT2D eigenvalue weighted by atomic mass is 32.2. The second-order valence-corrected chi connectivity index (χ2v) is 4.73. The lowest BCUT2D eigenvalue weighted by Gasteiger charge is -2.11. The minimum absolute atomic E-state index is 0.449. The number of nitrogens with zero attached hydrogens (tertiary/aromatic N) is 1. The van der Waals surface area contributed by atoms with Gasteiger partial charge in [0.15, 0.2) is 0 Å². The van der Waals surface area contributed by atoms with Gasteiger partial charge in [-0.15, -0.1) is 11.8 Å². The van der Waals surface area contributed by atoms with E-state index in [2.05, 4.69) is 4.98 Å². The van der Waals surface area contributed by atoms with Gasteiger partial charge in [-0.25, -0.2) is 4.98 Å². The summed E-state index contributed by atoms with van der Waals surface area (Å²) in [7, 11) is 0. The SMILES string of the molecule is CSc1ccc(Oc2ncccc2[C@@H](C)O)cc1. The number of aliphatic hydroxyl groups excluding tert-OH is 1. The summed E-state index contributed by atoms with van der Waals surface area (Å²) in [6.07, 6.45) is 3.08. The third kappa shape index (κ3) is 3.03. The van der Waals surface area contributed by atoms with E-state index in [1.165, 1.54) is 4.90 Å². The van der Waals surface area contributed by atoms with Crippen molar-refractivity contribution in [1.29, 1.82) is 0 Å². The molecule has 1 atom stereocenters. The molecule has 0 bridgehead atoms. The Hall–Kier alpha value is -1.52. The van der Waals surface area contributed by atoms with Crippen LogP contribution in [0.15, 0.2) is 47.5 Å². The molecule has 0 fully saturated rings. The zero-order valence-electron chi connectivity index (χ0n) is 10.3. The topological polar surface area (TPSA) is 42.4 Å². The lowest BCUT2D eigenvalue weighted by atomic mass is 10.2. The van der Waals surface area contributed by atoms with Crippen LogP contribution in [0.3, 0.4) is 0 Å². The fourth-order valence-electron chi connectivity index (χ4n) is 1.56. The maximum Gasteiger partial charge on any atom is 0.225 e. The zero-order chi connectivity index (χ0) is 13.0. The van der Waals surface area contributed by atoms with E-state index in [-0.39, 0.29) is 0 Å². The third-order valence-electron chi connectivity index (χ3n) is 2.52. The predicted octanol–water partition coefficient (Wildman–Crippen LogP) is 3.65. The number of hydrogen-bond donors (Lipinski definition) is 1. The number of aliphatic hydroxyl groups is 1. The first-order valence-electron chi connectivity index (χ1n) is 5.65. The molecule has 0 saturated carbocycles. The largest absolute Gasteiger partial charge is 0.439 e. The summed E-state index contributed by atoms with van der Waals surface area (Å²) in [5, 5.41) is 9.64. The van der Waals surface area contributed by atoms with E-state index in [1.54, 1.807) is 30.9 Å². The Balaban J connectivity index is 2.22. The second kappa shape index (κ2) is 5.89. The van der Waals surface area contributed by atoms with E-state index in [0.717, 1.165) is 0 Å². The molecule has 18 heavy (non-hydrogen) atoms. The molecule has 0 aliphatic rings. The van der Waals surface area contributed by atoms with Gasteiger partial charge < -0.3 is 9.84 Å². The quantitative estimate of drug-likeness (QED) is 0.853. The zero-order valence-corrected chi connectivity index (χ0v) is 11.1. The summed E-state index contributed by atoms with van der Waals surface area (Å²) in [5.41, 5.74) is 0.687. The molecule has 0 aliphatic heterocycles. The van der Waals surface area contributed by atoms with Crippen LogP contribution in [0, 0.1) is 0 Å². The summed E-state index contributed by atoms with van der Waals surface area (Å²) in [6.45, 7) is 1.70.